The molecular weight excluding hydrogens is 539 g/mol. The van der Waals surface area contributed by atoms with Crippen molar-refractivity contribution >= 4 is 34.4 Å². The number of hydrogen-bond acceptors (Lipinski definition) is 5. The first-order chi connectivity index (χ1) is 18.4. The van der Waals surface area contributed by atoms with Gasteiger partial charge in [0.1, 0.15) is 5.69 Å². The fraction of sp³-hybridized carbons (Fsp3) is 0.444. The Bertz CT molecular complexity index is 1300. The van der Waals surface area contributed by atoms with Crippen molar-refractivity contribution < 1.29 is 31.9 Å². The van der Waals surface area contributed by atoms with E-state index in [1.165, 1.54) is 11.9 Å². The molecule has 1 amide bonds. The second-order valence-corrected chi connectivity index (χ2v) is 10.5. The molecular formula is C27H31F5N4O2S. The number of aliphatic hydroxyl groups excluding tert-OH is 1. The highest BCUT2D eigenvalue weighted by molar-refractivity contribution is 8.00. The molecule has 0 saturated heterocycles. The van der Waals surface area contributed by atoms with E-state index in [2.05, 4.69) is 10.0 Å². The van der Waals surface area contributed by atoms with E-state index in [4.69, 9.17) is 0 Å². The van der Waals surface area contributed by atoms with Gasteiger partial charge in [-0.2, -0.15) is 22.0 Å². The summed E-state index contributed by atoms with van der Waals surface area (Å²) >= 11 is 1.53. The molecule has 0 bridgehead atoms. The first kappa shape index (κ1) is 29.2. The standard InChI is InChI=1S/C27H31F5N4O2S/c1-3-18-9-10-20-24-19(18)12-22(36(24)16(2)14-39-35-20)25(38)34-21(11-17-7-5-4-6-8-17)23(37)13-33-15-26(28,29)27(30,31)32/h4-10,12,16,21,23,33,35,37H,3,11,13-15H2,1-2H3,(H,34,38)/t16?,21-,23+/m0/s1. The number of aliphatic hydroxyl groups is 1. The molecule has 1 aliphatic rings. The number of alkyl halides is 5. The molecule has 0 spiro atoms. The van der Waals surface area contributed by atoms with Crippen molar-refractivity contribution in [2.24, 2.45) is 0 Å². The molecule has 4 rings (SSSR count). The molecule has 4 N–H and O–H groups in total. The van der Waals surface area contributed by atoms with Gasteiger partial charge in [-0.3, -0.25) is 4.79 Å². The van der Waals surface area contributed by atoms with Gasteiger partial charge in [0.2, 0.25) is 0 Å². The van der Waals surface area contributed by atoms with Gasteiger partial charge in [0.15, 0.2) is 0 Å². The predicted molar refractivity (Wildman–Crippen MR) is 143 cm³/mol. The van der Waals surface area contributed by atoms with Crippen LogP contribution in [-0.4, -0.2) is 58.7 Å². The Labute approximate surface area is 227 Å². The zero-order valence-corrected chi connectivity index (χ0v) is 22.3. The van der Waals surface area contributed by atoms with Gasteiger partial charge in [-0.1, -0.05) is 55.3 Å². The number of halogens is 5. The Hall–Kier alpha value is -2.83. The minimum Gasteiger partial charge on any atom is -0.390 e. The number of aromatic nitrogens is 1. The van der Waals surface area contributed by atoms with Crippen LogP contribution in [0.3, 0.4) is 0 Å². The van der Waals surface area contributed by atoms with Gasteiger partial charge in [-0.25, -0.2) is 0 Å². The van der Waals surface area contributed by atoms with Crippen LogP contribution in [0, 0.1) is 0 Å². The molecule has 0 aliphatic carbocycles. The number of benzene rings is 2. The van der Waals surface area contributed by atoms with Crippen molar-refractivity contribution in [3.05, 3.63) is 65.4 Å². The highest BCUT2D eigenvalue weighted by Gasteiger charge is 2.57. The molecule has 3 aromatic rings. The fourth-order valence-electron chi connectivity index (χ4n) is 4.75. The highest BCUT2D eigenvalue weighted by atomic mass is 32.2. The van der Waals surface area contributed by atoms with Gasteiger partial charge in [-0.15, -0.1) is 0 Å². The van der Waals surface area contributed by atoms with Crippen molar-refractivity contribution in [1.29, 1.82) is 0 Å². The van der Waals surface area contributed by atoms with Gasteiger partial charge in [0.25, 0.3) is 5.91 Å². The number of aryl methyl sites for hydroxylation is 1. The lowest BCUT2D eigenvalue weighted by atomic mass is 10.0. The first-order valence-electron chi connectivity index (χ1n) is 12.7. The van der Waals surface area contributed by atoms with Crippen LogP contribution in [0.1, 0.15) is 41.5 Å². The summed E-state index contributed by atoms with van der Waals surface area (Å²) in [5.41, 5.74) is 3.98. The lowest BCUT2D eigenvalue weighted by Gasteiger charge is -2.27. The van der Waals surface area contributed by atoms with Gasteiger partial charge < -0.3 is 25.0 Å². The summed E-state index contributed by atoms with van der Waals surface area (Å²) in [4.78, 5) is 13.7. The van der Waals surface area contributed by atoms with Crippen LogP contribution in [-0.2, 0) is 12.8 Å². The molecule has 2 aromatic carbocycles. The molecule has 0 saturated carbocycles. The summed E-state index contributed by atoms with van der Waals surface area (Å²) < 4.78 is 69.7. The number of anilines is 1. The normalized spacial score (nSPS) is 17.4. The number of nitrogens with zero attached hydrogens (tertiary/aromatic N) is 1. The van der Waals surface area contributed by atoms with E-state index in [1.54, 1.807) is 30.3 Å². The van der Waals surface area contributed by atoms with Crippen LogP contribution in [0.25, 0.3) is 10.9 Å². The maximum Gasteiger partial charge on any atom is 0.454 e. The maximum absolute atomic E-state index is 13.7. The summed E-state index contributed by atoms with van der Waals surface area (Å²) in [6.45, 7) is 1.77. The molecule has 0 fully saturated rings. The van der Waals surface area contributed by atoms with Crippen LogP contribution in [0.15, 0.2) is 48.5 Å². The molecule has 1 aliphatic heterocycles. The second kappa shape index (κ2) is 11.7. The largest absolute Gasteiger partial charge is 0.454 e. The minimum absolute atomic E-state index is 0.0436. The average molecular weight is 571 g/mol. The van der Waals surface area contributed by atoms with Crippen molar-refractivity contribution in [2.75, 3.05) is 23.6 Å². The fourth-order valence-corrected chi connectivity index (χ4v) is 5.54. The quantitative estimate of drug-likeness (QED) is 0.196. The van der Waals surface area contributed by atoms with Crippen LogP contribution in [0.4, 0.5) is 27.6 Å². The van der Waals surface area contributed by atoms with E-state index in [0.29, 0.717) is 11.4 Å². The summed E-state index contributed by atoms with van der Waals surface area (Å²) in [6, 6.07) is 13.7. The van der Waals surface area contributed by atoms with E-state index < -0.39 is 43.2 Å². The van der Waals surface area contributed by atoms with Gasteiger partial charge >= 0.3 is 12.1 Å². The number of carbonyl (C=O) groups excluding carboxylic acids is 1. The number of rotatable bonds is 10. The summed E-state index contributed by atoms with van der Waals surface area (Å²) in [5.74, 6) is -4.73. The lowest BCUT2D eigenvalue weighted by Crippen LogP contribution is -2.52. The summed E-state index contributed by atoms with van der Waals surface area (Å²) in [7, 11) is 0. The highest BCUT2D eigenvalue weighted by Crippen LogP contribution is 2.38. The van der Waals surface area contributed by atoms with Crippen molar-refractivity contribution in [2.45, 2.75) is 57.0 Å². The molecule has 12 heteroatoms. The molecule has 2 heterocycles. The van der Waals surface area contributed by atoms with Crippen LogP contribution >= 0.6 is 11.9 Å². The number of amides is 1. The van der Waals surface area contributed by atoms with Crippen molar-refractivity contribution in [3.8, 4) is 0 Å². The van der Waals surface area contributed by atoms with Crippen molar-refractivity contribution in [3.63, 3.8) is 0 Å². The Morgan fingerprint density at radius 3 is 2.56 bits per heavy atom. The zero-order chi connectivity index (χ0) is 28.4. The second-order valence-electron chi connectivity index (χ2n) is 9.72. The third-order valence-electron chi connectivity index (χ3n) is 6.84. The first-order valence-corrected chi connectivity index (χ1v) is 13.6. The summed E-state index contributed by atoms with van der Waals surface area (Å²) in [5, 5.41) is 16.6. The van der Waals surface area contributed by atoms with Gasteiger partial charge in [0, 0.05) is 23.7 Å². The zero-order valence-electron chi connectivity index (χ0n) is 21.5. The molecule has 1 unspecified atom stereocenters. The summed E-state index contributed by atoms with van der Waals surface area (Å²) in [6.07, 6.45) is -6.25. The van der Waals surface area contributed by atoms with Crippen LogP contribution in [0.2, 0.25) is 0 Å². The van der Waals surface area contributed by atoms with E-state index in [-0.39, 0.29) is 12.5 Å². The molecule has 6 nitrogen and oxygen atoms in total. The Morgan fingerprint density at radius 2 is 1.90 bits per heavy atom. The molecule has 39 heavy (non-hydrogen) atoms. The van der Waals surface area contributed by atoms with Crippen molar-refractivity contribution in [1.82, 2.24) is 15.2 Å². The molecule has 212 valence electrons. The Kier molecular flexibility index (Phi) is 8.77. The minimum atomic E-state index is -5.71. The monoisotopic (exact) mass is 570 g/mol. The van der Waals surface area contributed by atoms with E-state index in [9.17, 15) is 31.9 Å². The molecule has 1 aromatic heterocycles. The van der Waals surface area contributed by atoms with E-state index in [0.717, 1.165) is 34.1 Å². The third-order valence-corrected chi connectivity index (χ3v) is 7.86. The lowest BCUT2D eigenvalue weighted by molar-refractivity contribution is -0.279. The van der Waals surface area contributed by atoms with E-state index >= 15 is 0 Å². The maximum atomic E-state index is 13.7. The van der Waals surface area contributed by atoms with Gasteiger partial charge in [0.05, 0.1) is 29.9 Å². The third kappa shape index (κ3) is 6.33. The average Bonchev–Trinajstić information content (AvgIpc) is 3.21. The van der Waals surface area contributed by atoms with Crippen LogP contribution < -0.4 is 15.4 Å². The van der Waals surface area contributed by atoms with Crippen LogP contribution in [0.5, 0.6) is 0 Å². The van der Waals surface area contributed by atoms with Gasteiger partial charge in [-0.05, 0) is 43.0 Å². The number of nitrogens with one attached hydrogen (secondary N) is 3. The van der Waals surface area contributed by atoms with E-state index in [1.807, 2.05) is 41.9 Å². The topological polar surface area (TPSA) is 78.3 Å². The number of carbonyl (C=O) groups is 1. The molecule has 3 atom stereocenters. The predicted octanol–water partition coefficient (Wildman–Crippen LogP) is 5.33. The Balaban J connectivity index is 1.61. The molecule has 0 radical (unpaired) electrons. The SMILES string of the molecule is CCc1ccc2c3c1cc(C(=O)N[C@@H](Cc1ccccc1)[C@H](O)CNCC(F)(F)C(F)(F)F)n3C(C)CSN2. The smallest absolute Gasteiger partial charge is 0.390 e. The number of hydrogen-bond donors (Lipinski definition) is 4. The Morgan fingerprint density at radius 1 is 1.18 bits per heavy atom.